The van der Waals surface area contributed by atoms with Crippen molar-refractivity contribution in [3.05, 3.63) is 83.2 Å². The van der Waals surface area contributed by atoms with Crippen LogP contribution >= 0.6 is 0 Å². The van der Waals surface area contributed by atoms with E-state index in [1.807, 2.05) is 44.2 Å². The number of carbonyl (C=O) groups is 2. The fourth-order valence-electron chi connectivity index (χ4n) is 3.12. The Morgan fingerprint density at radius 1 is 1.00 bits per heavy atom. The van der Waals surface area contributed by atoms with Gasteiger partial charge in [0.25, 0.3) is 11.7 Å². The van der Waals surface area contributed by atoms with Crippen LogP contribution < -0.4 is 14.8 Å². The van der Waals surface area contributed by atoms with Gasteiger partial charge >= 0.3 is 0 Å². The quantitative estimate of drug-likeness (QED) is 0.434. The van der Waals surface area contributed by atoms with Crippen LogP contribution in [0.15, 0.2) is 60.8 Å². The molecule has 2 aromatic carbocycles. The van der Waals surface area contributed by atoms with Crippen molar-refractivity contribution in [3.63, 3.8) is 0 Å². The number of nitrogens with one attached hydrogen (secondary N) is 1. The topological polar surface area (TPSA) is 69.6 Å². The van der Waals surface area contributed by atoms with Gasteiger partial charge in [-0.2, -0.15) is 0 Å². The first kappa shape index (κ1) is 21.2. The first-order valence-corrected chi connectivity index (χ1v) is 9.84. The van der Waals surface area contributed by atoms with Gasteiger partial charge in [-0.1, -0.05) is 35.9 Å². The molecule has 0 fully saturated rings. The Labute approximate surface area is 176 Å². The Morgan fingerprint density at radius 2 is 1.73 bits per heavy atom. The summed E-state index contributed by atoms with van der Waals surface area (Å²) in [5.41, 5.74) is 3.41. The molecule has 3 aromatic rings. The van der Waals surface area contributed by atoms with Crippen molar-refractivity contribution in [2.24, 2.45) is 0 Å². The van der Waals surface area contributed by atoms with Crippen LogP contribution in [0.4, 0.5) is 0 Å². The highest BCUT2D eigenvalue weighted by Gasteiger charge is 2.19. The number of Topliss-reactive ketones (excluding diaryl/α,β-unsaturated/α-hetero) is 1. The van der Waals surface area contributed by atoms with Gasteiger partial charge in [-0.25, -0.2) is 0 Å². The van der Waals surface area contributed by atoms with Gasteiger partial charge in [-0.3, -0.25) is 9.59 Å². The summed E-state index contributed by atoms with van der Waals surface area (Å²) in [4.78, 5) is 25.1. The third kappa shape index (κ3) is 5.08. The fourth-order valence-corrected chi connectivity index (χ4v) is 3.12. The first-order valence-electron chi connectivity index (χ1n) is 9.84. The van der Waals surface area contributed by atoms with Crippen molar-refractivity contribution in [1.29, 1.82) is 0 Å². The van der Waals surface area contributed by atoms with Gasteiger partial charge in [0.1, 0.15) is 0 Å². The molecular formula is C24H26N2O4. The summed E-state index contributed by atoms with van der Waals surface area (Å²) >= 11 is 0. The Bertz CT molecular complexity index is 1020. The van der Waals surface area contributed by atoms with E-state index in [0.29, 0.717) is 30.3 Å². The van der Waals surface area contributed by atoms with Gasteiger partial charge in [-0.15, -0.1) is 0 Å². The van der Waals surface area contributed by atoms with Crippen LogP contribution in [0.1, 0.15) is 34.1 Å². The number of aryl methyl sites for hydroxylation is 1. The molecule has 30 heavy (non-hydrogen) atoms. The third-order valence-corrected chi connectivity index (χ3v) is 4.72. The summed E-state index contributed by atoms with van der Waals surface area (Å²) in [6, 6.07) is 16.9. The van der Waals surface area contributed by atoms with Crippen molar-refractivity contribution < 1.29 is 19.1 Å². The number of aromatic nitrogens is 1. The molecule has 156 valence electrons. The van der Waals surface area contributed by atoms with E-state index in [1.54, 1.807) is 42.1 Å². The maximum Gasteiger partial charge on any atom is 0.294 e. The van der Waals surface area contributed by atoms with Gasteiger partial charge in [0.05, 0.1) is 19.4 Å². The zero-order chi connectivity index (χ0) is 21.5. The summed E-state index contributed by atoms with van der Waals surface area (Å²) in [5.74, 6) is 0.0127. The molecule has 1 heterocycles. The van der Waals surface area contributed by atoms with E-state index in [-0.39, 0.29) is 6.54 Å². The molecule has 0 aliphatic carbocycles. The third-order valence-electron chi connectivity index (χ3n) is 4.72. The van der Waals surface area contributed by atoms with Crippen LogP contribution in [0.5, 0.6) is 11.5 Å². The lowest BCUT2D eigenvalue weighted by Gasteiger charge is -2.12. The average Bonchev–Trinajstić information content (AvgIpc) is 3.22. The second-order valence-corrected chi connectivity index (χ2v) is 6.94. The number of rotatable bonds is 9. The molecule has 1 N–H and O–H groups in total. The predicted octanol–water partition coefficient (Wildman–Crippen LogP) is 3.75. The molecule has 0 atom stereocenters. The highest BCUT2D eigenvalue weighted by Crippen LogP contribution is 2.28. The van der Waals surface area contributed by atoms with E-state index in [4.69, 9.17) is 9.47 Å². The minimum absolute atomic E-state index is 0.214. The highest BCUT2D eigenvalue weighted by atomic mass is 16.5. The Morgan fingerprint density at radius 3 is 2.43 bits per heavy atom. The van der Waals surface area contributed by atoms with Crippen LogP contribution in [0, 0.1) is 6.92 Å². The lowest BCUT2D eigenvalue weighted by Crippen LogP contribution is -2.32. The molecule has 0 saturated carbocycles. The number of amides is 1. The summed E-state index contributed by atoms with van der Waals surface area (Å²) in [7, 11) is 1.56. The molecule has 0 saturated heterocycles. The summed E-state index contributed by atoms with van der Waals surface area (Å²) < 4.78 is 12.6. The van der Waals surface area contributed by atoms with Crippen molar-refractivity contribution in [2.75, 3.05) is 13.7 Å². The maximum atomic E-state index is 12.7. The summed E-state index contributed by atoms with van der Waals surface area (Å²) in [6.07, 6.45) is 1.80. The van der Waals surface area contributed by atoms with E-state index in [0.717, 1.165) is 11.1 Å². The largest absolute Gasteiger partial charge is 0.493 e. The standard InChI is InChI=1S/C24H26N2O4/c1-4-30-21-12-11-19(14-22(21)29-3)15-25-24(28)23(27)20-6-5-13-26(20)16-18-9-7-17(2)8-10-18/h5-14H,4,15-16H2,1-3H3,(H,25,28). The highest BCUT2D eigenvalue weighted by molar-refractivity contribution is 6.42. The monoisotopic (exact) mass is 406 g/mol. The van der Waals surface area contributed by atoms with Crippen molar-refractivity contribution >= 4 is 11.7 Å². The summed E-state index contributed by atoms with van der Waals surface area (Å²) in [5, 5.41) is 2.69. The van der Waals surface area contributed by atoms with Crippen molar-refractivity contribution in [1.82, 2.24) is 9.88 Å². The van der Waals surface area contributed by atoms with E-state index >= 15 is 0 Å². The van der Waals surface area contributed by atoms with Crippen LogP contribution in [-0.2, 0) is 17.9 Å². The number of ether oxygens (including phenoxy) is 2. The van der Waals surface area contributed by atoms with E-state index < -0.39 is 11.7 Å². The Kier molecular flexibility index (Phi) is 6.91. The fraction of sp³-hybridized carbons (Fsp3) is 0.250. The van der Waals surface area contributed by atoms with Crippen LogP contribution in [0.3, 0.4) is 0 Å². The van der Waals surface area contributed by atoms with Crippen LogP contribution in [-0.4, -0.2) is 30.0 Å². The van der Waals surface area contributed by atoms with E-state index in [1.165, 1.54) is 5.56 Å². The average molecular weight is 406 g/mol. The lowest BCUT2D eigenvalue weighted by atomic mass is 10.1. The second-order valence-electron chi connectivity index (χ2n) is 6.94. The molecule has 6 nitrogen and oxygen atoms in total. The molecule has 6 heteroatoms. The Balaban J connectivity index is 1.65. The number of hydrogen-bond donors (Lipinski definition) is 1. The molecule has 1 aromatic heterocycles. The van der Waals surface area contributed by atoms with Crippen molar-refractivity contribution in [3.8, 4) is 11.5 Å². The molecule has 1 amide bonds. The molecule has 0 aliphatic rings. The number of nitrogens with zero attached hydrogens (tertiary/aromatic N) is 1. The van der Waals surface area contributed by atoms with Crippen LogP contribution in [0.2, 0.25) is 0 Å². The Hall–Kier alpha value is -3.54. The predicted molar refractivity (Wildman–Crippen MR) is 115 cm³/mol. The van der Waals surface area contributed by atoms with Gasteiger partial charge < -0.3 is 19.4 Å². The summed E-state index contributed by atoms with van der Waals surface area (Å²) in [6.45, 7) is 5.19. The molecular weight excluding hydrogens is 380 g/mol. The van der Waals surface area contributed by atoms with Gasteiger partial charge in [-0.05, 0) is 49.2 Å². The first-order chi connectivity index (χ1) is 14.5. The molecule has 0 bridgehead atoms. The SMILES string of the molecule is CCOc1ccc(CNC(=O)C(=O)c2cccn2Cc2ccc(C)cc2)cc1OC. The minimum Gasteiger partial charge on any atom is -0.493 e. The van der Waals surface area contributed by atoms with Gasteiger partial charge in [0, 0.05) is 19.3 Å². The van der Waals surface area contributed by atoms with E-state index in [2.05, 4.69) is 5.32 Å². The number of carbonyl (C=O) groups excluding carboxylic acids is 2. The maximum absolute atomic E-state index is 12.7. The van der Waals surface area contributed by atoms with E-state index in [9.17, 15) is 9.59 Å². The molecule has 3 rings (SSSR count). The number of methoxy groups -OCH3 is 1. The molecule has 0 radical (unpaired) electrons. The number of benzene rings is 2. The van der Waals surface area contributed by atoms with Crippen LogP contribution in [0.25, 0.3) is 0 Å². The number of hydrogen-bond acceptors (Lipinski definition) is 4. The molecule has 0 aliphatic heterocycles. The minimum atomic E-state index is -0.647. The second kappa shape index (κ2) is 9.78. The van der Waals surface area contributed by atoms with Gasteiger partial charge in [0.15, 0.2) is 11.5 Å². The number of ketones is 1. The smallest absolute Gasteiger partial charge is 0.294 e. The van der Waals surface area contributed by atoms with Crippen molar-refractivity contribution in [2.45, 2.75) is 26.9 Å². The normalized spacial score (nSPS) is 10.5. The lowest BCUT2D eigenvalue weighted by molar-refractivity contribution is -0.117. The molecule has 0 spiro atoms. The molecule has 0 unspecified atom stereocenters. The zero-order valence-electron chi connectivity index (χ0n) is 17.5. The van der Waals surface area contributed by atoms with Gasteiger partial charge in [0.2, 0.25) is 0 Å². The zero-order valence-corrected chi connectivity index (χ0v) is 17.5.